The fourth-order valence-electron chi connectivity index (χ4n) is 4.05. The number of nitrogens with zero attached hydrogens (tertiary/aromatic N) is 3. The predicted octanol–water partition coefficient (Wildman–Crippen LogP) is 4.43. The van der Waals surface area contributed by atoms with E-state index in [1.54, 1.807) is 36.4 Å². The van der Waals surface area contributed by atoms with Gasteiger partial charge in [0.1, 0.15) is 6.54 Å². The van der Waals surface area contributed by atoms with Crippen molar-refractivity contribution in [1.29, 1.82) is 5.26 Å². The molecule has 0 radical (unpaired) electrons. The number of rotatable bonds is 4. The van der Waals surface area contributed by atoms with Crippen LogP contribution in [-0.2, 0) is 4.79 Å². The van der Waals surface area contributed by atoms with Crippen LogP contribution in [0, 0.1) is 11.3 Å². The molecule has 0 aliphatic carbocycles. The Morgan fingerprint density at radius 1 is 1.12 bits per heavy atom. The molecule has 2 aromatic carbocycles. The van der Waals surface area contributed by atoms with Crippen LogP contribution in [0.2, 0.25) is 0 Å². The fraction of sp³-hybridized carbons (Fsp3) is 0.167. The lowest BCUT2D eigenvalue weighted by atomic mass is 9.79. The van der Waals surface area contributed by atoms with Crippen LogP contribution in [0.1, 0.15) is 39.0 Å². The minimum Gasteiger partial charge on any atom is -0.325 e. The highest BCUT2D eigenvalue weighted by Gasteiger charge is 2.47. The lowest BCUT2D eigenvalue weighted by Crippen LogP contribution is -2.49. The minimum atomic E-state index is -4.68. The number of benzene rings is 2. The molecule has 33 heavy (non-hydrogen) atoms. The number of carbonyl (C=O) groups excluding carboxylic acids is 2. The highest BCUT2D eigenvalue weighted by molar-refractivity contribution is 6.04. The van der Waals surface area contributed by atoms with Gasteiger partial charge < -0.3 is 10.2 Å². The molecule has 1 aliphatic rings. The van der Waals surface area contributed by atoms with Gasteiger partial charge in [0.15, 0.2) is 0 Å². The average molecular weight is 450 g/mol. The number of hydrogen-bond donors (Lipinski definition) is 1. The molecule has 2 atom stereocenters. The zero-order chi connectivity index (χ0) is 23.6. The minimum absolute atomic E-state index is 0.0350. The van der Waals surface area contributed by atoms with E-state index < -0.39 is 36.5 Å². The third-order valence-electron chi connectivity index (χ3n) is 5.36. The number of hydrogen-bond acceptors (Lipinski definition) is 4. The summed E-state index contributed by atoms with van der Waals surface area (Å²) in [6.45, 7) is -1.52. The van der Waals surface area contributed by atoms with Crippen LogP contribution in [0.15, 0.2) is 73.1 Å². The molecule has 2 heterocycles. The van der Waals surface area contributed by atoms with Crippen molar-refractivity contribution < 1.29 is 22.8 Å². The third kappa shape index (κ3) is 4.55. The number of nitrogens with one attached hydrogen (secondary N) is 1. The summed E-state index contributed by atoms with van der Waals surface area (Å²) in [5.41, 5.74) is 1.29. The number of aromatic nitrogens is 1. The van der Waals surface area contributed by atoms with Gasteiger partial charge in [-0.25, -0.2) is 0 Å². The molecule has 1 aliphatic heterocycles. The van der Waals surface area contributed by atoms with Gasteiger partial charge in [0.2, 0.25) is 5.91 Å². The first-order valence-corrected chi connectivity index (χ1v) is 9.96. The van der Waals surface area contributed by atoms with E-state index in [0.717, 1.165) is 0 Å². The van der Waals surface area contributed by atoms with E-state index in [1.807, 2.05) is 6.07 Å². The summed E-state index contributed by atoms with van der Waals surface area (Å²) < 4.78 is 40.5. The number of amides is 2. The second-order valence-corrected chi connectivity index (χ2v) is 7.53. The van der Waals surface area contributed by atoms with Gasteiger partial charge in [0.05, 0.1) is 23.6 Å². The number of fused-ring (bicyclic) bond motifs is 1. The number of carbonyl (C=O) groups is 2. The Hall–Kier alpha value is -4.19. The molecule has 0 unspecified atom stereocenters. The molecule has 2 amide bonds. The van der Waals surface area contributed by atoms with Crippen molar-refractivity contribution in [3.8, 4) is 6.07 Å². The van der Waals surface area contributed by atoms with Crippen LogP contribution in [0.5, 0.6) is 0 Å². The zero-order valence-corrected chi connectivity index (χ0v) is 17.1. The largest absolute Gasteiger partial charge is 0.406 e. The van der Waals surface area contributed by atoms with Gasteiger partial charge in [-0.1, -0.05) is 30.3 Å². The molecule has 0 bridgehead atoms. The first-order valence-electron chi connectivity index (χ1n) is 9.96. The Morgan fingerprint density at radius 3 is 2.61 bits per heavy atom. The molecule has 0 fully saturated rings. The number of alkyl halides is 3. The highest BCUT2D eigenvalue weighted by Crippen LogP contribution is 2.44. The topological polar surface area (TPSA) is 86.1 Å². The molecule has 0 spiro atoms. The van der Waals surface area contributed by atoms with Crippen molar-refractivity contribution in [1.82, 2.24) is 9.88 Å². The van der Waals surface area contributed by atoms with Gasteiger partial charge in [0.25, 0.3) is 5.91 Å². The van der Waals surface area contributed by atoms with Crippen LogP contribution in [0.3, 0.4) is 0 Å². The molecule has 1 N–H and O–H groups in total. The summed E-state index contributed by atoms with van der Waals surface area (Å²) in [5.74, 6) is -2.56. The summed E-state index contributed by atoms with van der Waals surface area (Å²) in [6, 6.07) is 16.1. The van der Waals surface area contributed by atoms with Crippen molar-refractivity contribution in [2.24, 2.45) is 0 Å². The number of pyridine rings is 1. The van der Waals surface area contributed by atoms with E-state index in [2.05, 4.69) is 10.3 Å². The molecule has 1 aromatic heterocycles. The van der Waals surface area contributed by atoms with Crippen LogP contribution in [-0.4, -0.2) is 34.4 Å². The van der Waals surface area contributed by atoms with Gasteiger partial charge in [-0.2, -0.15) is 18.4 Å². The van der Waals surface area contributed by atoms with Gasteiger partial charge in [-0.15, -0.1) is 0 Å². The quantitative estimate of drug-likeness (QED) is 0.637. The zero-order valence-electron chi connectivity index (χ0n) is 17.1. The van der Waals surface area contributed by atoms with Crippen molar-refractivity contribution in [3.63, 3.8) is 0 Å². The lowest BCUT2D eigenvalue weighted by molar-refractivity contribution is -0.148. The Morgan fingerprint density at radius 2 is 1.91 bits per heavy atom. The highest BCUT2D eigenvalue weighted by atomic mass is 19.4. The molecule has 9 heteroatoms. The maximum atomic E-state index is 13.5. The van der Waals surface area contributed by atoms with Crippen LogP contribution >= 0.6 is 0 Å². The van der Waals surface area contributed by atoms with Crippen LogP contribution in [0.4, 0.5) is 18.9 Å². The van der Waals surface area contributed by atoms with Gasteiger partial charge in [0, 0.05) is 23.6 Å². The normalized spacial score (nSPS) is 17.8. The average Bonchev–Trinajstić information content (AvgIpc) is 2.80. The number of halogens is 3. The van der Waals surface area contributed by atoms with Crippen LogP contribution in [0.25, 0.3) is 0 Å². The Kier molecular flexibility index (Phi) is 5.84. The maximum Gasteiger partial charge on any atom is 0.406 e. The second-order valence-electron chi connectivity index (χ2n) is 7.53. The van der Waals surface area contributed by atoms with Gasteiger partial charge >= 0.3 is 6.18 Å². The van der Waals surface area contributed by atoms with E-state index in [1.165, 1.54) is 36.7 Å². The Bertz CT molecular complexity index is 1240. The summed E-state index contributed by atoms with van der Waals surface area (Å²) in [4.78, 5) is 31.3. The Labute approximate surface area is 187 Å². The summed E-state index contributed by atoms with van der Waals surface area (Å²) >= 11 is 0. The van der Waals surface area contributed by atoms with Crippen molar-refractivity contribution in [3.05, 3.63) is 95.3 Å². The van der Waals surface area contributed by atoms with E-state index in [-0.39, 0.29) is 5.56 Å². The van der Waals surface area contributed by atoms with E-state index in [4.69, 9.17) is 5.26 Å². The van der Waals surface area contributed by atoms with Crippen molar-refractivity contribution >= 4 is 17.5 Å². The molecular weight excluding hydrogens is 433 g/mol. The second kappa shape index (κ2) is 8.74. The first-order chi connectivity index (χ1) is 15.8. The molecule has 6 nitrogen and oxygen atoms in total. The third-order valence-corrected chi connectivity index (χ3v) is 5.36. The summed E-state index contributed by atoms with van der Waals surface area (Å²) in [5, 5.41) is 11.8. The van der Waals surface area contributed by atoms with Crippen LogP contribution < -0.4 is 5.32 Å². The van der Waals surface area contributed by atoms with Gasteiger partial charge in [-0.3, -0.25) is 14.6 Å². The fourth-order valence-corrected chi connectivity index (χ4v) is 4.05. The number of anilines is 1. The van der Waals surface area contributed by atoms with E-state index in [0.29, 0.717) is 27.3 Å². The smallest absolute Gasteiger partial charge is 0.325 e. The van der Waals surface area contributed by atoms with E-state index >= 15 is 0 Å². The van der Waals surface area contributed by atoms with Crippen molar-refractivity contribution in [2.45, 2.75) is 18.1 Å². The molecule has 0 saturated heterocycles. The standard InChI is InChI=1S/C24H17F3N4O2/c25-24(26,27)14-31-21(16-6-4-10-29-13-16)20(18-8-1-2-9-19(18)23(31)33)22(32)30-17-7-3-5-15(11-17)12-28/h1-11,13,20-21H,14H2,(H,30,32)/t20-,21+/m1/s1. The monoisotopic (exact) mass is 450 g/mol. The maximum absolute atomic E-state index is 13.5. The molecule has 4 rings (SSSR count). The molecule has 166 valence electrons. The first kappa shape index (κ1) is 22.0. The van der Waals surface area contributed by atoms with E-state index in [9.17, 15) is 22.8 Å². The summed E-state index contributed by atoms with van der Waals surface area (Å²) in [6.07, 6.45) is -1.87. The predicted molar refractivity (Wildman–Crippen MR) is 113 cm³/mol. The Balaban J connectivity index is 1.84. The number of nitriles is 1. The molecule has 0 saturated carbocycles. The van der Waals surface area contributed by atoms with Gasteiger partial charge in [-0.05, 0) is 41.5 Å². The molecule has 3 aromatic rings. The van der Waals surface area contributed by atoms with Crippen molar-refractivity contribution in [2.75, 3.05) is 11.9 Å². The summed E-state index contributed by atoms with van der Waals surface area (Å²) in [7, 11) is 0. The SMILES string of the molecule is N#Cc1cccc(NC(=O)[C@@H]2c3ccccc3C(=O)N(CC(F)(F)F)[C@H]2c2cccnc2)c1. The lowest BCUT2D eigenvalue weighted by Gasteiger charge is -2.41. The molecular formula is C24H17F3N4O2.